The van der Waals surface area contributed by atoms with Gasteiger partial charge in [0.1, 0.15) is 23.9 Å². The summed E-state index contributed by atoms with van der Waals surface area (Å²) in [6, 6.07) is 16.2. The fourth-order valence-corrected chi connectivity index (χ4v) is 4.13. The fourth-order valence-electron chi connectivity index (χ4n) is 3.37. The van der Waals surface area contributed by atoms with Crippen LogP contribution in [0.25, 0.3) is 0 Å². The lowest BCUT2D eigenvalue weighted by Gasteiger charge is -2.10. The van der Waals surface area contributed by atoms with Gasteiger partial charge in [-0.05, 0) is 48.5 Å². The lowest BCUT2D eigenvalue weighted by atomic mass is 10.3. The number of benzene rings is 2. The number of ether oxygens (including phenoxy) is 4. The van der Waals surface area contributed by atoms with Crippen LogP contribution >= 0.6 is 11.8 Å². The van der Waals surface area contributed by atoms with Crippen molar-refractivity contribution >= 4 is 23.4 Å². The Labute approximate surface area is 205 Å². The van der Waals surface area contributed by atoms with E-state index in [2.05, 4.69) is 15.5 Å². The molecule has 10 nitrogen and oxygen atoms in total. The molecule has 11 heteroatoms. The van der Waals surface area contributed by atoms with E-state index >= 15 is 0 Å². The number of thioether (sulfide) groups is 1. The van der Waals surface area contributed by atoms with Gasteiger partial charge in [-0.2, -0.15) is 0 Å². The zero-order valence-corrected chi connectivity index (χ0v) is 19.6. The zero-order valence-electron chi connectivity index (χ0n) is 18.8. The van der Waals surface area contributed by atoms with Crippen molar-refractivity contribution in [1.29, 1.82) is 0 Å². The first-order chi connectivity index (χ1) is 17.2. The Morgan fingerprint density at radius 1 is 1.09 bits per heavy atom. The summed E-state index contributed by atoms with van der Waals surface area (Å²) in [6.07, 6.45) is 1.61. The minimum Gasteiger partial charge on any atom is -0.497 e. The van der Waals surface area contributed by atoms with Crippen LogP contribution in [0.4, 0.5) is 5.69 Å². The Hall–Kier alpha value is -4.12. The first kappa shape index (κ1) is 22.7. The zero-order chi connectivity index (χ0) is 24.0. The molecule has 4 aromatic rings. The Balaban J connectivity index is 1.24. The summed E-state index contributed by atoms with van der Waals surface area (Å²) in [5, 5.41) is 12.0. The van der Waals surface area contributed by atoms with Crippen molar-refractivity contribution in [2.24, 2.45) is 0 Å². The van der Waals surface area contributed by atoms with Crippen LogP contribution in [0.15, 0.2) is 70.4 Å². The number of amides is 1. The van der Waals surface area contributed by atoms with E-state index < -0.39 is 0 Å². The van der Waals surface area contributed by atoms with E-state index in [1.54, 1.807) is 31.6 Å². The van der Waals surface area contributed by atoms with Crippen molar-refractivity contribution in [2.75, 3.05) is 25.0 Å². The van der Waals surface area contributed by atoms with Gasteiger partial charge in [-0.1, -0.05) is 11.8 Å². The van der Waals surface area contributed by atoms with Crippen LogP contribution in [0.3, 0.4) is 0 Å². The third-order valence-corrected chi connectivity index (χ3v) is 6.07. The number of furan rings is 1. The molecular formula is C24H22N4O6S. The van der Waals surface area contributed by atoms with E-state index in [0.717, 1.165) is 11.5 Å². The molecule has 0 spiro atoms. The van der Waals surface area contributed by atoms with Gasteiger partial charge >= 0.3 is 0 Å². The second-order valence-electron chi connectivity index (χ2n) is 7.43. The molecule has 1 amide bonds. The van der Waals surface area contributed by atoms with Crippen LogP contribution in [-0.4, -0.2) is 40.3 Å². The van der Waals surface area contributed by atoms with Gasteiger partial charge in [-0.15, -0.1) is 10.2 Å². The van der Waals surface area contributed by atoms with Crippen LogP contribution < -0.4 is 24.3 Å². The Bertz CT molecular complexity index is 1290. The van der Waals surface area contributed by atoms with Crippen molar-refractivity contribution < 1.29 is 28.2 Å². The number of hydrogen-bond donors (Lipinski definition) is 1. The Kier molecular flexibility index (Phi) is 6.75. The second-order valence-corrected chi connectivity index (χ2v) is 8.38. The van der Waals surface area contributed by atoms with Gasteiger partial charge in [0.15, 0.2) is 22.5 Å². The highest BCUT2D eigenvalue weighted by atomic mass is 32.2. The van der Waals surface area contributed by atoms with Crippen molar-refractivity contribution in [3.8, 4) is 23.0 Å². The smallest absolute Gasteiger partial charge is 0.234 e. The van der Waals surface area contributed by atoms with Gasteiger partial charge in [0.2, 0.25) is 12.7 Å². The number of nitrogens with one attached hydrogen (secondary N) is 1. The quantitative estimate of drug-likeness (QED) is 0.328. The second kappa shape index (κ2) is 10.4. The molecule has 2 aromatic carbocycles. The van der Waals surface area contributed by atoms with Crippen molar-refractivity contribution in [3.05, 3.63) is 72.4 Å². The van der Waals surface area contributed by atoms with E-state index in [9.17, 15) is 4.79 Å². The Morgan fingerprint density at radius 3 is 2.71 bits per heavy atom. The molecule has 2 aromatic heterocycles. The molecule has 0 fully saturated rings. The summed E-state index contributed by atoms with van der Waals surface area (Å²) in [4.78, 5) is 12.6. The topological polar surface area (TPSA) is 110 Å². The van der Waals surface area contributed by atoms with E-state index in [4.69, 9.17) is 23.4 Å². The molecule has 180 valence electrons. The fraction of sp³-hybridized carbons (Fsp3) is 0.208. The highest BCUT2D eigenvalue weighted by Gasteiger charge is 2.18. The summed E-state index contributed by atoms with van der Waals surface area (Å²) in [7, 11) is 1.61. The average Bonchev–Trinajstić information content (AvgIpc) is 3.64. The van der Waals surface area contributed by atoms with Crippen molar-refractivity contribution in [1.82, 2.24) is 14.8 Å². The van der Waals surface area contributed by atoms with Gasteiger partial charge in [0, 0.05) is 11.8 Å². The monoisotopic (exact) mass is 494 g/mol. The number of nitrogens with zero attached hydrogens (tertiary/aromatic N) is 3. The summed E-state index contributed by atoms with van der Waals surface area (Å²) in [5.74, 6) is 3.99. The largest absolute Gasteiger partial charge is 0.497 e. The molecule has 0 bridgehead atoms. The standard InChI is InChI=1S/C24H22N4O6S/c1-30-17-5-7-18(8-6-17)32-13-22-26-27-24(28(22)12-19-3-2-10-31-19)35-14-23(29)25-16-4-9-20-21(11-16)34-15-33-20/h2-11H,12-15H2,1H3,(H,25,29). The number of carbonyl (C=O) groups excluding carboxylic acids is 1. The summed E-state index contributed by atoms with van der Waals surface area (Å²) < 4.78 is 29.1. The first-order valence-corrected chi connectivity index (χ1v) is 11.7. The average molecular weight is 495 g/mol. The molecule has 1 aliphatic heterocycles. The SMILES string of the molecule is COc1ccc(OCc2nnc(SCC(=O)Nc3ccc4c(c3)OCO4)n2Cc2ccco2)cc1. The van der Waals surface area contributed by atoms with Crippen LogP contribution in [0, 0.1) is 0 Å². The number of anilines is 1. The summed E-state index contributed by atoms with van der Waals surface area (Å²) >= 11 is 1.28. The van der Waals surface area contributed by atoms with Gasteiger partial charge in [0.05, 0.1) is 25.7 Å². The number of rotatable bonds is 10. The number of fused-ring (bicyclic) bond motifs is 1. The minimum atomic E-state index is -0.183. The summed E-state index contributed by atoms with van der Waals surface area (Å²) in [6.45, 7) is 0.788. The molecule has 1 N–H and O–H groups in total. The van der Waals surface area contributed by atoms with Gasteiger partial charge in [-0.25, -0.2) is 0 Å². The number of methoxy groups -OCH3 is 1. The molecule has 0 unspecified atom stereocenters. The van der Waals surface area contributed by atoms with E-state index in [0.29, 0.717) is 40.5 Å². The first-order valence-electron chi connectivity index (χ1n) is 10.7. The third-order valence-electron chi connectivity index (χ3n) is 5.10. The van der Waals surface area contributed by atoms with Crippen LogP contribution in [0.2, 0.25) is 0 Å². The van der Waals surface area contributed by atoms with Crippen LogP contribution in [-0.2, 0) is 17.9 Å². The molecule has 5 rings (SSSR count). The predicted molar refractivity (Wildman–Crippen MR) is 127 cm³/mol. The van der Waals surface area contributed by atoms with Gasteiger partial charge < -0.3 is 28.7 Å². The van der Waals surface area contributed by atoms with Gasteiger partial charge in [-0.3, -0.25) is 9.36 Å². The summed E-state index contributed by atoms with van der Waals surface area (Å²) in [5.41, 5.74) is 0.630. The molecule has 0 saturated carbocycles. The Morgan fingerprint density at radius 2 is 1.91 bits per heavy atom. The van der Waals surface area contributed by atoms with Crippen LogP contribution in [0.1, 0.15) is 11.6 Å². The maximum atomic E-state index is 12.6. The molecule has 0 atom stereocenters. The molecule has 1 aliphatic rings. The van der Waals surface area contributed by atoms with Crippen molar-refractivity contribution in [3.63, 3.8) is 0 Å². The molecule has 0 saturated heterocycles. The van der Waals surface area contributed by atoms with Crippen LogP contribution in [0.5, 0.6) is 23.0 Å². The normalized spacial score (nSPS) is 11.9. The number of carbonyl (C=O) groups is 1. The number of aromatic nitrogens is 3. The minimum absolute atomic E-state index is 0.143. The number of hydrogen-bond acceptors (Lipinski definition) is 9. The highest BCUT2D eigenvalue weighted by Crippen LogP contribution is 2.34. The van der Waals surface area contributed by atoms with E-state index in [1.165, 1.54) is 11.8 Å². The maximum Gasteiger partial charge on any atom is 0.234 e. The third kappa shape index (κ3) is 5.52. The lowest BCUT2D eigenvalue weighted by Crippen LogP contribution is -2.15. The van der Waals surface area contributed by atoms with Crippen molar-refractivity contribution in [2.45, 2.75) is 18.3 Å². The molecular weight excluding hydrogens is 472 g/mol. The van der Waals surface area contributed by atoms with Gasteiger partial charge in [0.25, 0.3) is 0 Å². The highest BCUT2D eigenvalue weighted by molar-refractivity contribution is 7.99. The predicted octanol–water partition coefficient (Wildman–Crippen LogP) is 3.97. The van der Waals surface area contributed by atoms with E-state index in [-0.39, 0.29) is 25.1 Å². The maximum absolute atomic E-state index is 12.6. The molecule has 3 heterocycles. The van der Waals surface area contributed by atoms with E-state index in [1.807, 2.05) is 41.0 Å². The molecule has 35 heavy (non-hydrogen) atoms. The molecule has 0 aliphatic carbocycles. The lowest BCUT2D eigenvalue weighted by molar-refractivity contribution is -0.113. The molecule has 0 radical (unpaired) electrons.